The highest BCUT2D eigenvalue weighted by atomic mass is 35.5. The van der Waals surface area contributed by atoms with Gasteiger partial charge in [0, 0.05) is 0 Å². The average molecular weight is 364 g/mol. The van der Waals surface area contributed by atoms with Crippen LogP contribution >= 0.6 is 23.2 Å². The molecule has 124 valence electrons. The number of methoxy groups -OCH3 is 2. The number of carbonyl (C=O) groups is 2. The molecule has 0 N–H and O–H groups in total. The highest BCUT2D eigenvalue weighted by Crippen LogP contribution is 2.38. The molecule has 0 aromatic heterocycles. The van der Waals surface area contributed by atoms with Crippen LogP contribution in [-0.4, -0.2) is 39.5 Å². The van der Waals surface area contributed by atoms with Crippen molar-refractivity contribution in [3.8, 4) is 0 Å². The van der Waals surface area contributed by atoms with Gasteiger partial charge in [0.05, 0.1) is 42.1 Å². The highest BCUT2D eigenvalue weighted by Gasteiger charge is 2.34. The Labute approximate surface area is 141 Å². The van der Waals surface area contributed by atoms with Crippen LogP contribution in [0.4, 0.5) is 10.1 Å². The fourth-order valence-corrected chi connectivity index (χ4v) is 2.78. The van der Waals surface area contributed by atoms with Gasteiger partial charge in [-0.15, -0.1) is 0 Å². The van der Waals surface area contributed by atoms with Crippen molar-refractivity contribution in [3.63, 3.8) is 0 Å². The first-order chi connectivity index (χ1) is 10.9. The summed E-state index contributed by atoms with van der Waals surface area (Å²) in [4.78, 5) is 25.2. The lowest BCUT2D eigenvalue weighted by atomic mass is 10.1. The van der Waals surface area contributed by atoms with Crippen molar-refractivity contribution < 1.29 is 28.2 Å². The monoisotopic (exact) mass is 363 g/mol. The molecule has 0 unspecified atom stereocenters. The Bertz CT molecular complexity index is 669. The molecule has 0 atom stereocenters. The second-order valence-electron chi connectivity index (χ2n) is 4.43. The predicted molar refractivity (Wildman–Crippen MR) is 80.8 cm³/mol. The molecule has 0 aliphatic carbocycles. The quantitative estimate of drug-likeness (QED) is 0.768. The number of halogens is 3. The fraction of sp³-hybridized carbons (Fsp3) is 0.286. The maximum absolute atomic E-state index is 13.4. The van der Waals surface area contributed by atoms with Gasteiger partial charge in [-0.2, -0.15) is 0 Å². The van der Waals surface area contributed by atoms with Gasteiger partial charge in [0.15, 0.2) is 0 Å². The molecule has 0 saturated heterocycles. The van der Waals surface area contributed by atoms with Crippen LogP contribution in [0.15, 0.2) is 23.4 Å². The number of carbonyl (C=O) groups excluding carboxylic acids is 2. The van der Waals surface area contributed by atoms with E-state index in [1.807, 2.05) is 0 Å². The summed E-state index contributed by atoms with van der Waals surface area (Å²) in [6, 6.07) is 2.06. The van der Waals surface area contributed by atoms with Gasteiger partial charge >= 0.3 is 11.9 Å². The Morgan fingerprint density at radius 1 is 1.17 bits per heavy atom. The van der Waals surface area contributed by atoms with E-state index < -0.39 is 17.8 Å². The molecule has 6 nitrogen and oxygen atoms in total. The van der Waals surface area contributed by atoms with Crippen molar-refractivity contribution in [1.82, 2.24) is 0 Å². The largest absolute Gasteiger partial charge is 0.466 e. The number of ether oxygens (including phenoxy) is 3. The van der Waals surface area contributed by atoms with Crippen molar-refractivity contribution in [3.05, 3.63) is 39.3 Å². The standard InChI is InChI=1S/C14H12Cl2FNO5/c1-21-13(19)8-5-23-6-18(11(8)14(20)22-2)12-9(15)3-7(17)4-10(12)16/h3-4H,5-6H2,1-2H3. The minimum atomic E-state index is -0.801. The Hall–Kier alpha value is -1.83. The van der Waals surface area contributed by atoms with Crippen molar-refractivity contribution in [1.29, 1.82) is 0 Å². The van der Waals surface area contributed by atoms with Gasteiger partial charge in [-0.05, 0) is 12.1 Å². The molecule has 0 spiro atoms. The van der Waals surface area contributed by atoms with Crippen molar-refractivity contribution in [2.45, 2.75) is 0 Å². The number of anilines is 1. The van der Waals surface area contributed by atoms with Crippen LogP contribution < -0.4 is 4.90 Å². The molecule has 1 heterocycles. The predicted octanol–water partition coefficient (Wildman–Crippen LogP) is 2.53. The van der Waals surface area contributed by atoms with Gasteiger partial charge in [-0.1, -0.05) is 23.2 Å². The molecule has 0 radical (unpaired) electrons. The molecule has 0 bridgehead atoms. The van der Waals surface area contributed by atoms with Gasteiger partial charge in [0.25, 0.3) is 0 Å². The van der Waals surface area contributed by atoms with E-state index in [1.54, 1.807) is 0 Å². The summed E-state index contributed by atoms with van der Waals surface area (Å²) >= 11 is 12.1. The molecular formula is C14H12Cl2FNO5. The smallest absolute Gasteiger partial charge is 0.355 e. The van der Waals surface area contributed by atoms with E-state index in [4.69, 9.17) is 32.7 Å². The summed E-state index contributed by atoms with van der Waals surface area (Å²) < 4.78 is 28.0. The van der Waals surface area contributed by atoms with E-state index in [-0.39, 0.29) is 40.3 Å². The first-order valence-electron chi connectivity index (χ1n) is 6.30. The van der Waals surface area contributed by atoms with Crippen LogP contribution in [0, 0.1) is 5.82 Å². The first-order valence-corrected chi connectivity index (χ1v) is 7.05. The highest BCUT2D eigenvalue weighted by molar-refractivity contribution is 6.39. The maximum atomic E-state index is 13.4. The molecule has 0 fully saturated rings. The number of esters is 2. The minimum absolute atomic E-state index is 0.0499. The van der Waals surface area contributed by atoms with E-state index in [2.05, 4.69) is 4.74 Å². The third kappa shape index (κ3) is 3.41. The Balaban J connectivity index is 2.65. The Morgan fingerprint density at radius 3 is 2.26 bits per heavy atom. The van der Waals surface area contributed by atoms with E-state index in [9.17, 15) is 14.0 Å². The van der Waals surface area contributed by atoms with E-state index >= 15 is 0 Å². The molecule has 1 aliphatic heterocycles. The molecule has 23 heavy (non-hydrogen) atoms. The summed E-state index contributed by atoms with van der Waals surface area (Å²) in [5.41, 5.74) is -0.0562. The average Bonchev–Trinajstić information content (AvgIpc) is 2.52. The zero-order chi connectivity index (χ0) is 17.1. The van der Waals surface area contributed by atoms with Gasteiger partial charge in [0.2, 0.25) is 0 Å². The van der Waals surface area contributed by atoms with Crippen LogP contribution in [0.25, 0.3) is 0 Å². The summed E-state index contributed by atoms with van der Waals surface area (Å²) in [5, 5.41) is -0.0998. The number of rotatable bonds is 3. The van der Waals surface area contributed by atoms with Crippen molar-refractivity contribution in [2.24, 2.45) is 0 Å². The number of hydrogen-bond acceptors (Lipinski definition) is 6. The Kier molecular flexibility index (Phi) is 5.46. The third-order valence-electron chi connectivity index (χ3n) is 3.08. The number of nitrogens with zero attached hydrogens (tertiary/aromatic N) is 1. The molecule has 0 saturated carbocycles. The second-order valence-corrected chi connectivity index (χ2v) is 5.25. The van der Waals surface area contributed by atoms with Crippen LogP contribution in [-0.2, 0) is 23.8 Å². The fourth-order valence-electron chi connectivity index (χ4n) is 2.11. The van der Waals surface area contributed by atoms with Crippen molar-refractivity contribution >= 4 is 40.8 Å². The van der Waals surface area contributed by atoms with Gasteiger partial charge < -0.3 is 19.1 Å². The van der Waals surface area contributed by atoms with Gasteiger partial charge in [-0.25, -0.2) is 14.0 Å². The van der Waals surface area contributed by atoms with E-state index in [0.717, 1.165) is 19.2 Å². The summed E-state index contributed by atoms with van der Waals surface area (Å²) in [6.45, 7) is -0.278. The number of hydrogen-bond donors (Lipinski definition) is 0. The van der Waals surface area contributed by atoms with Gasteiger partial charge in [-0.3, -0.25) is 0 Å². The third-order valence-corrected chi connectivity index (χ3v) is 3.66. The summed E-state index contributed by atoms with van der Waals surface area (Å²) in [7, 11) is 2.33. The lowest BCUT2D eigenvalue weighted by Gasteiger charge is -2.32. The van der Waals surface area contributed by atoms with Crippen LogP contribution in [0.2, 0.25) is 10.0 Å². The lowest BCUT2D eigenvalue weighted by molar-refractivity contribution is -0.140. The molecular weight excluding hydrogens is 352 g/mol. The first kappa shape index (κ1) is 17.5. The minimum Gasteiger partial charge on any atom is -0.466 e. The van der Waals surface area contributed by atoms with E-state index in [0.29, 0.717) is 0 Å². The Morgan fingerprint density at radius 2 is 1.74 bits per heavy atom. The molecule has 0 amide bonds. The van der Waals surface area contributed by atoms with Crippen LogP contribution in [0.1, 0.15) is 0 Å². The molecule has 1 aromatic carbocycles. The maximum Gasteiger partial charge on any atom is 0.355 e. The topological polar surface area (TPSA) is 65.1 Å². The second kappa shape index (κ2) is 7.16. The zero-order valence-electron chi connectivity index (χ0n) is 12.2. The molecule has 1 aliphatic rings. The van der Waals surface area contributed by atoms with Gasteiger partial charge in [0.1, 0.15) is 18.2 Å². The lowest BCUT2D eigenvalue weighted by Crippen LogP contribution is -2.39. The molecule has 1 aromatic rings. The normalized spacial score (nSPS) is 14.7. The zero-order valence-corrected chi connectivity index (χ0v) is 13.7. The molecule has 9 heteroatoms. The van der Waals surface area contributed by atoms with Crippen LogP contribution in [0.3, 0.4) is 0 Å². The van der Waals surface area contributed by atoms with Crippen LogP contribution in [0.5, 0.6) is 0 Å². The van der Waals surface area contributed by atoms with Crippen molar-refractivity contribution in [2.75, 3.05) is 32.5 Å². The number of benzene rings is 1. The summed E-state index contributed by atoms with van der Waals surface area (Å²) in [6.07, 6.45) is 0. The molecule has 2 rings (SSSR count). The van der Waals surface area contributed by atoms with E-state index in [1.165, 1.54) is 12.0 Å². The SMILES string of the molecule is COC(=O)C1=C(C(=O)OC)N(c2c(Cl)cc(F)cc2Cl)COC1. The summed E-state index contributed by atoms with van der Waals surface area (Å²) in [5.74, 6) is -2.20.